The minimum atomic E-state index is -5.29. The standard InChI is InChI=1S/C34H36F3NO13/c1-4-5-9-21(40)49-13-20(39)33(47)11-16-24(19(12-33)51-22-10-17(27(41)14(2)50-22)38-32(46)34(35,36)37)31(45)26-25(29(16)43)28(42)15-7-6-8-18(48-3)23(15)30(26)44/h6-8,14,17,19,22,27,41,43,45,47H,4-5,9-13H2,1-3H3,(H,38,46)/t14-,17+,19?,22+,27+,33?/m1/s1. The summed E-state index contributed by atoms with van der Waals surface area (Å²) in [5, 5.41) is 47.2. The van der Waals surface area contributed by atoms with Crippen LogP contribution in [0.1, 0.15) is 95.0 Å². The maximum Gasteiger partial charge on any atom is 0.471 e. The summed E-state index contributed by atoms with van der Waals surface area (Å²) in [7, 11) is 1.25. The molecule has 2 unspecified atom stereocenters. The number of ketones is 3. The third-order valence-corrected chi connectivity index (χ3v) is 9.29. The highest BCUT2D eigenvalue weighted by Crippen LogP contribution is 2.52. The maximum absolute atomic E-state index is 13.9. The Balaban J connectivity index is 1.58. The van der Waals surface area contributed by atoms with Gasteiger partial charge in [0.2, 0.25) is 11.6 Å². The number of aromatic hydroxyl groups is 2. The molecule has 5 N–H and O–H groups in total. The van der Waals surface area contributed by atoms with Gasteiger partial charge in [-0.3, -0.25) is 24.0 Å². The summed E-state index contributed by atoms with van der Waals surface area (Å²) in [5.41, 5.74) is -4.85. The first kappa shape index (κ1) is 37.7. The van der Waals surface area contributed by atoms with E-state index in [-0.39, 0.29) is 34.4 Å². The van der Waals surface area contributed by atoms with E-state index < -0.39 is 120 Å². The first-order chi connectivity index (χ1) is 23.9. The molecule has 51 heavy (non-hydrogen) atoms. The molecule has 0 saturated carbocycles. The first-order valence-electron chi connectivity index (χ1n) is 16.1. The predicted molar refractivity (Wildman–Crippen MR) is 165 cm³/mol. The highest BCUT2D eigenvalue weighted by molar-refractivity contribution is 6.31. The SMILES string of the molecule is CCCCC(=O)OCC(=O)C1(O)Cc2c(O)c3c(c(O)c2C(O[C@H]2C[C@H](NC(=O)C(F)(F)F)[C@@H](O)[C@@H](C)O2)C1)C(=O)c1c(OC)cccc1C3=O. The molecule has 2 aromatic carbocycles. The number of hydrogen-bond donors (Lipinski definition) is 5. The summed E-state index contributed by atoms with van der Waals surface area (Å²) in [6.45, 7) is 2.21. The number of benzene rings is 2. The summed E-state index contributed by atoms with van der Waals surface area (Å²) in [6.07, 6.45) is -12.3. The third-order valence-electron chi connectivity index (χ3n) is 9.29. The van der Waals surface area contributed by atoms with Crippen LogP contribution in [0.2, 0.25) is 0 Å². The number of methoxy groups -OCH3 is 1. The molecular formula is C34H36F3NO13. The quantitative estimate of drug-likeness (QED) is 0.150. The number of ether oxygens (including phenoxy) is 4. The Bertz CT molecular complexity index is 1780. The second-order valence-corrected chi connectivity index (χ2v) is 12.7. The van der Waals surface area contributed by atoms with E-state index in [0.717, 1.165) is 0 Å². The Morgan fingerprint density at radius 2 is 1.76 bits per heavy atom. The van der Waals surface area contributed by atoms with Crippen LogP contribution < -0.4 is 10.1 Å². The van der Waals surface area contributed by atoms with E-state index in [1.54, 1.807) is 5.32 Å². The van der Waals surface area contributed by atoms with Crippen LogP contribution in [0.5, 0.6) is 17.2 Å². The van der Waals surface area contributed by atoms with Gasteiger partial charge in [0.15, 0.2) is 18.7 Å². The Morgan fingerprint density at radius 3 is 2.41 bits per heavy atom. The second-order valence-electron chi connectivity index (χ2n) is 12.7. The third kappa shape index (κ3) is 7.02. The number of phenolic OH excluding ortho intramolecular Hbond substituents is 2. The predicted octanol–water partition coefficient (Wildman–Crippen LogP) is 2.46. The van der Waals surface area contributed by atoms with Crippen molar-refractivity contribution in [3.8, 4) is 17.2 Å². The minimum absolute atomic E-state index is 0.00489. The van der Waals surface area contributed by atoms with Gasteiger partial charge >= 0.3 is 18.1 Å². The van der Waals surface area contributed by atoms with Crippen molar-refractivity contribution < 1.29 is 76.5 Å². The van der Waals surface area contributed by atoms with Crippen molar-refractivity contribution in [3.05, 3.63) is 51.6 Å². The number of phenols is 2. The first-order valence-corrected chi connectivity index (χ1v) is 16.1. The van der Waals surface area contributed by atoms with Gasteiger partial charge in [0.1, 0.15) is 29.0 Å². The molecule has 1 aliphatic heterocycles. The Kier molecular flexibility index (Phi) is 10.5. The van der Waals surface area contributed by atoms with Gasteiger partial charge < -0.3 is 44.7 Å². The lowest BCUT2D eigenvalue weighted by Gasteiger charge is -2.43. The maximum atomic E-state index is 13.9. The fourth-order valence-electron chi connectivity index (χ4n) is 6.64. The van der Waals surface area contributed by atoms with Gasteiger partial charge in [0.05, 0.1) is 42.0 Å². The van der Waals surface area contributed by atoms with Crippen LogP contribution in [0.15, 0.2) is 18.2 Å². The highest BCUT2D eigenvalue weighted by Gasteiger charge is 2.51. The van der Waals surface area contributed by atoms with Gasteiger partial charge in [-0.15, -0.1) is 0 Å². The van der Waals surface area contributed by atoms with Crippen LogP contribution in [0.25, 0.3) is 0 Å². The van der Waals surface area contributed by atoms with Crippen LogP contribution in [0, 0.1) is 0 Å². The van der Waals surface area contributed by atoms with Gasteiger partial charge in [0.25, 0.3) is 0 Å². The van der Waals surface area contributed by atoms with E-state index in [0.29, 0.717) is 12.8 Å². The number of hydrogen-bond acceptors (Lipinski definition) is 13. The number of nitrogens with one attached hydrogen (secondary N) is 1. The number of unbranched alkanes of at least 4 members (excludes halogenated alkanes) is 1. The van der Waals surface area contributed by atoms with E-state index in [2.05, 4.69) is 0 Å². The molecule has 2 aliphatic carbocycles. The van der Waals surface area contributed by atoms with Crippen LogP contribution in [0.4, 0.5) is 13.2 Å². The van der Waals surface area contributed by atoms with Gasteiger partial charge in [-0.1, -0.05) is 25.5 Å². The molecule has 276 valence electrons. The summed E-state index contributed by atoms with van der Waals surface area (Å²) in [5.74, 6) is -7.66. The molecule has 6 atom stereocenters. The second kappa shape index (κ2) is 14.2. The molecule has 1 heterocycles. The van der Waals surface area contributed by atoms with Crippen molar-refractivity contribution in [1.29, 1.82) is 0 Å². The summed E-state index contributed by atoms with van der Waals surface area (Å²) >= 11 is 0. The number of Topliss-reactive ketones (excluding diaryl/α,β-unsaturated/α-hetero) is 1. The lowest BCUT2D eigenvalue weighted by Crippen LogP contribution is -2.57. The highest BCUT2D eigenvalue weighted by atomic mass is 19.4. The normalized spacial score (nSPS) is 25.7. The average Bonchev–Trinajstić information content (AvgIpc) is 3.07. The summed E-state index contributed by atoms with van der Waals surface area (Å²) < 4.78 is 61.1. The molecular weight excluding hydrogens is 687 g/mol. The molecule has 17 heteroatoms. The molecule has 5 rings (SSSR count). The number of halogens is 3. The Hall–Kier alpha value is -4.58. The largest absolute Gasteiger partial charge is 0.507 e. The smallest absolute Gasteiger partial charge is 0.471 e. The number of carbonyl (C=O) groups is 5. The molecule has 1 fully saturated rings. The summed E-state index contributed by atoms with van der Waals surface area (Å²) in [6, 6.07) is 2.58. The molecule has 1 amide bonds. The number of esters is 1. The Labute approximate surface area is 288 Å². The van der Waals surface area contributed by atoms with Crippen LogP contribution >= 0.6 is 0 Å². The van der Waals surface area contributed by atoms with E-state index in [1.165, 1.54) is 32.2 Å². The summed E-state index contributed by atoms with van der Waals surface area (Å²) in [4.78, 5) is 64.9. The van der Waals surface area contributed by atoms with Crippen molar-refractivity contribution in [2.75, 3.05) is 13.7 Å². The fraction of sp³-hybridized carbons (Fsp3) is 0.500. The molecule has 0 spiro atoms. The van der Waals surface area contributed by atoms with E-state index in [4.69, 9.17) is 18.9 Å². The topological polar surface area (TPSA) is 215 Å². The number of carbonyl (C=O) groups excluding carboxylic acids is 5. The molecule has 0 radical (unpaired) electrons. The van der Waals surface area contributed by atoms with Crippen LogP contribution in [0.3, 0.4) is 0 Å². The van der Waals surface area contributed by atoms with Crippen molar-refractivity contribution >= 4 is 29.2 Å². The zero-order valence-corrected chi connectivity index (χ0v) is 27.7. The Morgan fingerprint density at radius 1 is 1.08 bits per heavy atom. The van der Waals surface area contributed by atoms with Crippen molar-refractivity contribution in [1.82, 2.24) is 5.32 Å². The molecule has 2 aromatic rings. The molecule has 14 nitrogen and oxygen atoms in total. The monoisotopic (exact) mass is 723 g/mol. The number of rotatable bonds is 10. The molecule has 1 saturated heterocycles. The van der Waals surface area contributed by atoms with Gasteiger partial charge in [0, 0.05) is 42.4 Å². The average molecular weight is 724 g/mol. The number of amides is 1. The van der Waals surface area contributed by atoms with Crippen LogP contribution in [-0.2, 0) is 35.0 Å². The lowest BCUT2D eigenvalue weighted by atomic mass is 9.72. The lowest BCUT2D eigenvalue weighted by molar-refractivity contribution is -0.250. The van der Waals surface area contributed by atoms with Crippen molar-refractivity contribution in [2.24, 2.45) is 0 Å². The molecule has 0 bridgehead atoms. The van der Waals surface area contributed by atoms with E-state index in [1.807, 2.05) is 6.92 Å². The minimum Gasteiger partial charge on any atom is -0.507 e. The van der Waals surface area contributed by atoms with E-state index >= 15 is 0 Å². The number of aliphatic hydroxyl groups excluding tert-OH is 1. The van der Waals surface area contributed by atoms with E-state index in [9.17, 15) is 57.6 Å². The number of fused-ring (bicyclic) bond motifs is 3. The zero-order valence-electron chi connectivity index (χ0n) is 27.7. The number of alkyl halides is 3. The van der Waals surface area contributed by atoms with Crippen molar-refractivity contribution in [3.63, 3.8) is 0 Å². The van der Waals surface area contributed by atoms with Gasteiger partial charge in [-0.2, -0.15) is 13.2 Å². The fourth-order valence-corrected chi connectivity index (χ4v) is 6.64. The number of aliphatic hydroxyl groups is 2. The van der Waals surface area contributed by atoms with Gasteiger partial charge in [-0.25, -0.2) is 0 Å². The molecule has 0 aromatic heterocycles. The van der Waals surface area contributed by atoms with Crippen LogP contribution in [-0.4, -0.2) is 99.7 Å². The zero-order chi connectivity index (χ0) is 37.6. The van der Waals surface area contributed by atoms with Gasteiger partial charge in [-0.05, 0) is 19.4 Å². The van der Waals surface area contributed by atoms with Crippen molar-refractivity contribution in [2.45, 2.75) is 94.8 Å². The molecule has 3 aliphatic rings.